The van der Waals surface area contributed by atoms with Crippen LogP contribution in [0, 0.1) is 12.7 Å². The lowest BCUT2D eigenvalue weighted by Gasteiger charge is -2.41. The summed E-state index contributed by atoms with van der Waals surface area (Å²) in [5.74, 6) is -0.144. The van der Waals surface area contributed by atoms with E-state index in [0.29, 0.717) is 6.04 Å². The quantitative estimate of drug-likeness (QED) is 0.910. The number of hydrogen-bond donors (Lipinski definition) is 1. The summed E-state index contributed by atoms with van der Waals surface area (Å²) in [5.41, 5.74) is 2.50. The SMILES string of the molecule is Cc1ccc(F)cc1CNC1CCN(C(C)(C)C)CC1. The third-order valence-electron chi connectivity index (χ3n) is 4.34. The minimum Gasteiger partial charge on any atom is -0.310 e. The second-order valence-corrected chi connectivity index (χ2v) is 6.88. The van der Waals surface area contributed by atoms with Crippen molar-refractivity contribution in [2.24, 2.45) is 0 Å². The minimum absolute atomic E-state index is 0.144. The van der Waals surface area contributed by atoms with Crippen molar-refractivity contribution in [1.82, 2.24) is 10.2 Å². The molecule has 1 aliphatic rings. The Balaban J connectivity index is 1.83. The van der Waals surface area contributed by atoms with E-state index in [0.717, 1.165) is 30.8 Å². The smallest absolute Gasteiger partial charge is 0.123 e. The molecule has 0 amide bonds. The van der Waals surface area contributed by atoms with Crippen molar-refractivity contribution in [1.29, 1.82) is 0 Å². The van der Waals surface area contributed by atoms with Crippen molar-refractivity contribution in [2.45, 2.75) is 58.7 Å². The molecule has 0 atom stereocenters. The van der Waals surface area contributed by atoms with Gasteiger partial charge in [-0.3, -0.25) is 4.90 Å². The molecule has 1 heterocycles. The Hall–Kier alpha value is -0.930. The molecular formula is C17H27FN2. The second-order valence-electron chi connectivity index (χ2n) is 6.88. The molecule has 2 rings (SSSR count). The van der Waals surface area contributed by atoms with Crippen LogP contribution >= 0.6 is 0 Å². The molecule has 0 aliphatic carbocycles. The molecule has 0 saturated carbocycles. The zero-order chi connectivity index (χ0) is 14.8. The van der Waals surface area contributed by atoms with Crippen LogP contribution < -0.4 is 5.32 Å². The normalized spacial score (nSPS) is 18.4. The average molecular weight is 278 g/mol. The van der Waals surface area contributed by atoms with Crippen LogP contribution in [0.1, 0.15) is 44.7 Å². The van der Waals surface area contributed by atoms with Crippen LogP contribution in [0.5, 0.6) is 0 Å². The molecule has 0 bridgehead atoms. The van der Waals surface area contributed by atoms with E-state index in [9.17, 15) is 4.39 Å². The molecule has 2 nitrogen and oxygen atoms in total. The van der Waals surface area contributed by atoms with E-state index in [1.54, 1.807) is 6.07 Å². The van der Waals surface area contributed by atoms with Crippen molar-refractivity contribution >= 4 is 0 Å². The highest BCUT2D eigenvalue weighted by molar-refractivity contribution is 5.26. The van der Waals surface area contributed by atoms with Gasteiger partial charge in [0.2, 0.25) is 0 Å². The molecule has 3 heteroatoms. The third kappa shape index (κ3) is 4.03. The van der Waals surface area contributed by atoms with Gasteiger partial charge in [0.1, 0.15) is 5.82 Å². The average Bonchev–Trinajstić information content (AvgIpc) is 2.39. The molecule has 0 radical (unpaired) electrons. The largest absolute Gasteiger partial charge is 0.310 e. The van der Waals surface area contributed by atoms with E-state index in [-0.39, 0.29) is 11.4 Å². The molecule has 1 aromatic rings. The number of nitrogens with one attached hydrogen (secondary N) is 1. The summed E-state index contributed by atoms with van der Waals surface area (Å²) in [6.45, 7) is 11.9. The lowest BCUT2D eigenvalue weighted by Crippen LogP contribution is -2.49. The van der Waals surface area contributed by atoms with Gasteiger partial charge in [-0.2, -0.15) is 0 Å². The fraction of sp³-hybridized carbons (Fsp3) is 0.647. The van der Waals surface area contributed by atoms with Crippen molar-refractivity contribution in [3.63, 3.8) is 0 Å². The first-order chi connectivity index (χ1) is 9.36. The predicted octanol–water partition coefficient (Wildman–Crippen LogP) is 3.49. The first-order valence-corrected chi connectivity index (χ1v) is 7.60. The number of aryl methyl sites for hydroxylation is 1. The number of benzene rings is 1. The third-order valence-corrected chi connectivity index (χ3v) is 4.34. The molecule has 1 aromatic carbocycles. The van der Waals surface area contributed by atoms with Gasteiger partial charge in [0.15, 0.2) is 0 Å². The highest BCUT2D eigenvalue weighted by Gasteiger charge is 2.26. The van der Waals surface area contributed by atoms with Gasteiger partial charge in [-0.1, -0.05) is 6.07 Å². The maximum absolute atomic E-state index is 13.3. The van der Waals surface area contributed by atoms with Crippen LogP contribution in [-0.4, -0.2) is 29.6 Å². The standard InChI is InChI=1S/C17H27FN2/c1-13-5-6-15(18)11-14(13)12-19-16-7-9-20(10-8-16)17(2,3)4/h5-6,11,16,19H,7-10,12H2,1-4H3. The highest BCUT2D eigenvalue weighted by Crippen LogP contribution is 2.20. The van der Waals surface area contributed by atoms with Crippen LogP contribution in [-0.2, 0) is 6.54 Å². The maximum Gasteiger partial charge on any atom is 0.123 e. The molecule has 112 valence electrons. The summed E-state index contributed by atoms with van der Waals surface area (Å²) in [6.07, 6.45) is 2.34. The summed E-state index contributed by atoms with van der Waals surface area (Å²) >= 11 is 0. The second kappa shape index (κ2) is 6.23. The summed E-state index contributed by atoms with van der Waals surface area (Å²) in [7, 11) is 0. The Morgan fingerprint density at radius 3 is 2.50 bits per heavy atom. The highest BCUT2D eigenvalue weighted by atomic mass is 19.1. The monoisotopic (exact) mass is 278 g/mol. The van der Waals surface area contributed by atoms with Crippen LogP contribution in [0.4, 0.5) is 4.39 Å². The Morgan fingerprint density at radius 1 is 1.25 bits per heavy atom. The lowest BCUT2D eigenvalue weighted by molar-refractivity contribution is 0.0960. The molecule has 0 unspecified atom stereocenters. The minimum atomic E-state index is -0.144. The van der Waals surface area contributed by atoms with Crippen LogP contribution in [0.2, 0.25) is 0 Å². The lowest BCUT2D eigenvalue weighted by atomic mass is 9.97. The van der Waals surface area contributed by atoms with E-state index in [2.05, 4.69) is 31.0 Å². The van der Waals surface area contributed by atoms with Gasteiger partial charge in [-0.05, 0) is 63.8 Å². The first kappa shape index (κ1) is 15.5. The molecule has 1 aliphatic heterocycles. The number of rotatable bonds is 3. The van der Waals surface area contributed by atoms with Gasteiger partial charge in [0.05, 0.1) is 0 Å². The van der Waals surface area contributed by atoms with Gasteiger partial charge in [-0.25, -0.2) is 4.39 Å². The predicted molar refractivity (Wildman–Crippen MR) is 82.3 cm³/mol. The van der Waals surface area contributed by atoms with E-state index >= 15 is 0 Å². The molecule has 1 saturated heterocycles. The maximum atomic E-state index is 13.3. The summed E-state index contributed by atoms with van der Waals surface area (Å²) in [5, 5.41) is 3.58. The summed E-state index contributed by atoms with van der Waals surface area (Å²) in [6, 6.07) is 5.58. The van der Waals surface area contributed by atoms with E-state index in [1.807, 2.05) is 13.0 Å². The van der Waals surface area contributed by atoms with E-state index in [1.165, 1.54) is 18.9 Å². The molecule has 0 aromatic heterocycles. The number of nitrogens with zero attached hydrogens (tertiary/aromatic N) is 1. The summed E-state index contributed by atoms with van der Waals surface area (Å²) in [4.78, 5) is 2.54. The molecular weight excluding hydrogens is 251 g/mol. The Bertz CT molecular complexity index is 443. The fourth-order valence-electron chi connectivity index (χ4n) is 2.84. The van der Waals surface area contributed by atoms with Gasteiger partial charge in [0.25, 0.3) is 0 Å². The van der Waals surface area contributed by atoms with Crippen molar-refractivity contribution in [3.8, 4) is 0 Å². The van der Waals surface area contributed by atoms with E-state index < -0.39 is 0 Å². The Labute approximate surface area is 122 Å². The van der Waals surface area contributed by atoms with Crippen LogP contribution in [0.3, 0.4) is 0 Å². The number of piperidine rings is 1. The Kier molecular flexibility index (Phi) is 4.82. The molecule has 20 heavy (non-hydrogen) atoms. The van der Waals surface area contributed by atoms with E-state index in [4.69, 9.17) is 0 Å². The molecule has 1 N–H and O–H groups in total. The van der Waals surface area contributed by atoms with Crippen molar-refractivity contribution in [2.75, 3.05) is 13.1 Å². The Morgan fingerprint density at radius 2 is 1.90 bits per heavy atom. The van der Waals surface area contributed by atoms with Gasteiger partial charge >= 0.3 is 0 Å². The van der Waals surface area contributed by atoms with Crippen LogP contribution in [0.15, 0.2) is 18.2 Å². The van der Waals surface area contributed by atoms with Crippen molar-refractivity contribution in [3.05, 3.63) is 35.1 Å². The zero-order valence-corrected chi connectivity index (χ0v) is 13.2. The zero-order valence-electron chi connectivity index (χ0n) is 13.2. The topological polar surface area (TPSA) is 15.3 Å². The molecule has 1 fully saturated rings. The number of likely N-dealkylation sites (tertiary alicyclic amines) is 1. The van der Waals surface area contributed by atoms with Gasteiger partial charge in [0, 0.05) is 31.2 Å². The number of hydrogen-bond acceptors (Lipinski definition) is 2. The van der Waals surface area contributed by atoms with Crippen molar-refractivity contribution < 1.29 is 4.39 Å². The van der Waals surface area contributed by atoms with Gasteiger partial charge < -0.3 is 5.32 Å². The number of halogens is 1. The fourth-order valence-corrected chi connectivity index (χ4v) is 2.84. The molecule has 0 spiro atoms. The summed E-state index contributed by atoms with van der Waals surface area (Å²) < 4.78 is 13.3. The first-order valence-electron chi connectivity index (χ1n) is 7.60. The van der Waals surface area contributed by atoms with Gasteiger partial charge in [-0.15, -0.1) is 0 Å². The van der Waals surface area contributed by atoms with Crippen LogP contribution in [0.25, 0.3) is 0 Å².